The molecule has 4 nitrogen and oxygen atoms in total. The standard InChI is InChI=1S/C18H21F2N3O/c1-2-21-18(22-11-14-5-3-4-6-16(14)20)23-12-17(24)13-7-9-15(19)10-8-13/h3-10,17,24H,2,11-12H2,1H3,(H2,21,22,23). The molecule has 0 aliphatic carbocycles. The first-order valence-electron chi connectivity index (χ1n) is 7.79. The Labute approximate surface area is 140 Å². The van der Waals surface area contributed by atoms with E-state index >= 15 is 0 Å². The van der Waals surface area contributed by atoms with E-state index in [0.717, 1.165) is 0 Å². The fraction of sp³-hybridized carbons (Fsp3) is 0.278. The number of benzene rings is 2. The third kappa shape index (κ3) is 5.31. The molecule has 0 saturated heterocycles. The maximum Gasteiger partial charge on any atom is 0.191 e. The second-order valence-corrected chi connectivity index (χ2v) is 5.23. The van der Waals surface area contributed by atoms with Gasteiger partial charge in [0.2, 0.25) is 0 Å². The summed E-state index contributed by atoms with van der Waals surface area (Å²) in [5.41, 5.74) is 1.10. The molecule has 0 fully saturated rings. The fourth-order valence-electron chi connectivity index (χ4n) is 2.13. The topological polar surface area (TPSA) is 56.7 Å². The van der Waals surface area contributed by atoms with Crippen LogP contribution in [0.15, 0.2) is 53.5 Å². The SMILES string of the molecule is CCNC(=NCc1ccccc1F)NCC(O)c1ccc(F)cc1. The summed E-state index contributed by atoms with van der Waals surface area (Å²) >= 11 is 0. The Morgan fingerprint density at radius 1 is 1.08 bits per heavy atom. The number of hydrogen-bond acceptors (Lipinski definition) is 2. The molecule has 0 radical (unpaired) electrons. The molecule has 128 valence electrons. The molecule has 1 unspecified atom stereocenters. The maximum atomic E-state index is 13.6. The smallest absolute Gasteiger partial charge is 0.191 e. The fourth-order valence-corrected chi connectivity index (χ4v) is 2.13. The van der Waals surface area contributed by atoms with Gasteiger partial charge >= 0.3 is 0 Å². The molecule has 2 aromatic rings. The van der Waals surface area contributed by atoms with Crippen LogP contribution >= 0.6 is 0 Å². The quantitative estimate of drug-likeness (QED) is 0.563. The van der Waals surface area contributed by atoms with Gasteiger partial charge in [-0.05, 0) is 30.7 Å². The molecule has 0 saturated carbocycles. The summed E-state index contributed by atoms with van der Waals surface area (Å²) in [6, 6.07) is 12.1. The molecule has 2 aromatic carbocycles. The predicted octanol–water partition coefficient (Wildman–Crippen LogP) is 2.75. The largest absolute Gasteiger partial charge is 0.387 e. The molecule has 0 aliphatic rings. The van der Waals surface area contributed by atoms with E-state index in [0.29, 0.717) is 23.6 Å². The van der Waals surface area contributed by atoms with Crippen molar-refractivity contribution in [2.24, 2.45) is 4.99 Å². The van der Waals surface area contributed by atoms with Crippen LogP contribution in [0.3, 0.4) is 0 Å². The average Bonchev–Trinajstić information content (AvgIpc) is 2.59. The highest BCUT2D eigenvalue weighted by Gasteiger charge is 2.09. The number of nitrogens with zero attached hydrogens (tertiary/aromatic N) is 1. The summed E-state index contributed by atoms with van der Waals surface area (Å²) in [6.45, 7) is 2.94. The second kappa shape index (κ2) is 8.98. The second-order valence-electron chi connectivity index (χ2n) is 5.23. The molecule has 0 bridgehead atoms. The summed E-state index contributed by atoms with van der Waals surface area (Å²) < 4.78 is 26.5. The Bertz CT molecular complexity index is 674. The van der Waals surface area contributed by atoms with Crippen molar-refractivity contribution in [1.82, 2.24) is 10.6 Å². The molecular formula is C18H21F2N3O. The van der Waals surface area contributed by atoms with E-state index in [1.807, 2.05) is 6.92 Å². The van der Waals surface area contributed by atoms with Gasteiger partial charge in [-0.15, -0.1) is 0 Å². The Balaban J connectivity index is 1.96. The van der Waals surface area contributed by atoms with Crippen LogP contribution in [0.4, 0.5) is 8.78 Å². The first-order valence-corrected chi connectivity index (χ1v) is 7.79. The van der Waals surface area contributed by atoms with Crippen LogP contribution in [0.25, 0.3) is 0 Å². The van der Waals surface area contributed by atoms with Crippen molar-refractivity contribution in [1.29, 1.82) is 0 Å². The van der Waals surface area contributed by atoms with Crippen LogP contribution in [0.5, 0.6) is 0 Å². The molecule has 0 spiro atoms. The number of aliphatic hydroxyl groups excluding tert-OH is 1. The van der Waals surface area contributed by atoms with E-state index in [2.05, 4.69) is 15.6 Å². The molecule has 6 heteroatoms. The lowest BCUT2D eigenvalue weighted by Crippen LogP contribution is -2.39. The highest BCUT2D eigenvalue weighted by Crippen LogP contribution is 2.12. The Kier molecular flexibility index (Phi) is 6.69. The van der Waals surface area contributed by atoms with E-state index < -0.39 is 6.10 Å². The summed E-state index contributed by atoms with van der Waals surface area (Å²) in [5.74, 6) is -0.177. The van der Waals surface area contributed by atoms with Crippen LogP contribution in [0.2, 0.25) is 0 Å². The van der Waals surface area contributed by atoms with Gasteiger partial charge in [0.25, 0.3) is 0 Å². The lowest BCUT2D eigenvalue weighted by atomic mass is 10.1. The van der Waals surface area contributed by atoms with E-state index in [9.17, 15) is 13.9 Å². The van der Waals surface area contributed by atoms with E-state index in [1.54, 1.807) is 18.2 Å². The van der Waals surface area contributed by atoms with Crippen molar-refractivity contribution in [3.8, 4) is 0 Å². The number of halogens is 2. The van der Waals surface area contributed by atoms with Gasteiger partial charge in [-0.3, -0.25) is 0 Å². The molecule has 24 heavy (non-hydrogen) atoms. The number of aliphatic imine (C=N–C) groups is 1. The van der Waals surface area contributed by atoms with E-state index in [-0.39, 0.29) is 24.7 Å². The van der Waals surface area contributed by atoms with Crippen molar-refractivity contribution in [2.45, 2.75) is 19.6 Å². The van der Waals surface area contributed by atoms with Gasteiger partial charge < -0.3 is 15.7 Å². The van der Waals surface area contributed by atoms with Gasteiger partial charge in [-0.2, -0.15) is 0 Å². The van der Waals surface area contributed by atoms with Gasteiger partial charge in [0.05, 0.1) is 12.6 Å². The van der Waals surface area contributed by atoms with E-state index in [4.69, 9.17) is 0 Å². The van der Waals surface area contributed by atoms with Gasteiger partial charge in [-0.1, -0.05) is 30.3 Å². The zero-order valence-corrected chi connectivity index (χ0v) is 13.5. The van der Waals surface area contributed by atoms with E-state index in [1.165, 1.54) is 30.3 Å². The minimum absolute atomic E-state index is 0.189. The average molecular weight is 333 g/mol. The predicted molar refractivity (Wildman–Crippen MR) is 90.6 cm³/mol. The molecular weight excluding hydrogens is 312 g/mol. The molecule has 3 N–H and O–H groups in total. The monoisotopic (exact) mass is 333 g/mol. The van der Waals surface area contributed by atoms with Crippen molar-refractivity contribution in [2.75, 3.05) is 13.1 Å². The van der Waals surface area contributed by atoms with Crippen LogP contribution in [0.1, 0.15) is 24.2 Å². The first kappa shape index (κ1) is 17.9. The normalized spacial score (nSPS) is 12.8. The van der Waals surface area contributed by atoms with Crippen LogP contribution in [-0.4, -0.2) is 24.2 Å². The van der Waals surface area contributed by atoms with Crippen LogP contribution in [0, 0.1) is 11.6 Å². The van der Waals surface area contributed by atoms with Gasteiger partial charge in [0, 0.05) is 18.7 Å². The number of nitrogens with one attached hydrogen (secondary N) is 2. The number of aliphatic hydroxyl groups is 1. The Morgan fingerprint density at radius 3 is 2.46 bits per heavy atom. The van der Waals surface area contributed by atoms with Crippen molar-refractivity contribution in [3.63, 3.8) is 0 Å². The number of hydrogen-bond donors (Lipinski definition) is 3. The molecule has 1 atom stereocenters. The highest BCUT2D eigenvalue weighted by atomic mass is 19.1. The summed E-state index contributed by atoms with van der Waals surface area (Å²) in [4.78, 5) is 4.31. The van der Waals surface area contributed by atoms with Crippen molar-refractivity contribution in [3.05, 3.63) is 71.3 Å². The molecule has 0 heterocycles. The first-order chi connectivity index (χ1) is 11.6. The third-order valence-corrected chi connectivity index (χ3v) is 3.43. The highest BCUT2D eigenvalue weighted by molar-refractivity contribution is 5.79. The summed E-state index contributed by atoms with van der Waals surface area (Å²) in [6.07, 6.45) is -0.803. The zero-order valence-electron chi connectivity index (χ0n) is 13.5. The van der Waals surface area contributed by atoms with Gasteiger partial charge in [0.1, 0.15) is 11.6 Å². The zero-order chi connectivity index (χ0) is 17.4. The maximum absolute atomic E-state index is 13.6. The Hall–Kier alpha value is -2.47. The summed E-state index contributed by atoms with van der Waals surface area (Å²) in [5, 5.41) is 16.2. The van der Waals surface area contributed by atoms with Gasteiger partial charge in [0.15, 0.2) is 5.96 Å². The Morgan fingerprint density at radius 2 is 1.79 bits per heavy atom. The van der Waals surface area contributed by atoms with Gasteiger partial charge in [-0.25, -0.2) is 13.8 Å². The van der Waals surface area contributed by atoms with Crippen molar-refractivity contribution < 1.29 is 13.9 Å². The number of guanidine groups is 1. The van der Waals surface area contributed by atoms with Crippen LogP contribution < -0.4 is 10.6 Å². The van der Waals surface area contributed by atoms with Crippen LogP contribution in [-0.2, 0) is 6.54 Å². The number of rotatable bonds is 6. The lowest BCUT2D eigenvalue weighted by molar-refractivity contribution is 0.180. The minimum atomic E-state index is -0.803. The molecule has 2 rings (SSSR count). The third-order valence-electron chi connectivity index (χ3n) is 3.43. The molecule has 0 amide bonds. The molecule has 0 aromatic heterocycles. The summed E-state index contributed by atoms with van der Waals surface area (Å²) in [7, 11) is 0. The van der Waals surface area contributed by atoms with Crippen molar-refractivity contribution >= 4 is 5.96 Å². The minimum Gasteiger partial charge on any atom is -0.387 e. The lowest BCUT2D eigenvalue weighted by Gasteiger charge is -2.15. The molecule has 0 aliphatic heterocycles.